The van der Waals surface area contributed by atoms with Crippen molar-refractivity contribution in [1.82, 2.24) is 19.1 Å². The van der Waals surface area contributed by atoms with Crippen LogP contribution in [0.25, 0.3) is 156 Å². The third-order valence-corrected chi connectivity index (χ3v) is 29.0. The lowest BCUT2D eigenvalue weighted by Crippen LogP contribution is -2.29. The Morgan fingerprint density at radius 1 is 0.216 bits per heavy atom. The first-order valence-electron chi connectivity index (χ1n) is 39.2. The minimum atomic E-state index is -3.83. The highest BCUT2D eigenvalue weighted by Gasteiger charge is 2.55. The number of para-hydroxylation sites is 4. The lowest BCUT2D eigenvalue weighted by atomic mass is 9.65. The molecule has 116 heavy (non-hydrogen) atoms. The quantitative estimate of drug-likeness (QED) is 0.170. The number of imidazole rings is 2. The summed E-state index contributed by atoms with van der Waals surface area (Å²) in [6, 6.07) is 135. The summed E-state index contributed by atoms with van der Waals surface area (Å²) in [5.74, 6) is 1.73. The van der Waals surface area contributed by atoms with Gasteiger partial charge in [-0.15, -0.1) is 0 Å². The van der Waals surface area contributed by atoms with Gasteiger partial charge >= 0.3 is 0 Å². The van der Waals surface area contributed by atoms with Gasteiger partial charge in [-0.1, -0.05) is 315 Å². The minimum absolute atomic E-state index is 0.369. The van der Waals surface area contributed by atoms with E-state index >= 15 is 0 Å². The van der Waals surface area contributed by atoms with Crippen LogP contribution < -0.4 is 0 Å². The zero-order chi connectivity index (χ0) is 76.9. The number of fused-ring (bicyclic) bond motifs is 34. The van der Waals surface area contributed by atoms with Gasteiger partial charge in [-0.2, -0.15) is 0 Å². The Morgan fingerprint density at radius 2 is 0.543 bits per heavy atom. The average molecular weight is 1520 g/mol. The van der Waals surface area contributed by atoms with Gasteiger partial charge in [0.05, 0.1) is 52.5 Å². The highest BCUT2D eigenvalue weighted by molar-refractivity contribution is 7.92. The zero-order valence-corrected chi connectivity index (χ0v) is 63.8. The summed E-state index contributed by atoms with van der Waals surface area (Å²) in [6.07, 6.45) is 0. The van der Waals surface area contributed by atoms with E-state index in [1.807, 2.05) is 78.9 Å². The molecular formula is C106H64N4O4S2. The highest BCUT2D eigenvalue weighted by Crippen LogP contribution is 2.67. The van der Waals surface area contributed by atoms with E-state index in [0.717, 1.165) is 201 Å². The van der Waals surface area contributed by atoms with Crippen LogP contribution in [0, 0.1) is 0 Å². The van der Waals surface area contributed by atoms with E-state index in [4.69, 9.17) is 9.97 Å². The van der Waals surface area contributed by atoms with Gasteiger partial charge < -0.3 is 0 Å². The van der Waals surface area contributed by atoms with E-state index in [1.54, 1.807) is 12.1 Å². The minimum Gasteiger partial charge on any atom is -0.292 e. The molecule has 25 rings (SSSR count). The largest absolute Gasteiger partial charge is 0.292 e. The maximum Gasteiger partial charge on any atom is 0.208 e. The van der Waals surface area contributed by atoms with E-state index < -0.39 is 30.5 Å². The van der Waals surface area contributed by atoms with E-state index in [2.05, 4.69) is 306 Å². The summed E-state index contributed by atoms with van der Waals surface area (Å²) in [4.78, 5) is 12.1. The molecule has 0 saturated heterocycles. The fourth-order valence-corrected chi connectivity index (χ4v) is 24.4. The molecule has 0 bridgehead atoms. The molecule has 2 spiro atoms. The Hall–Kier alpha value is -14.4. The molecule has 2 aromatic heterocycles. The number of hydrogen-bond donors (Lipinski definition) is 0. The maximum absolute atomic E-state index is 14.8. The van der Waals surface area contributed by atoms with Gasteiger partial charge in [0.2, 0.25) is 19.7 Å². The number of hydrogen-bond acceptors (Lipinski definition) is 6. The first-order valence-corrected chi connectivity index (χ1v) is 42.1. The number of nitrogens with zero attached hydrogens (tertiary/aromatic N) is 4. The summed E-state index contributed by atoms with van der Waals surface area (Å²) in [6.45, 7) is 0. The van der Waals surface area contributed by atoms with E-state index in [9.17, 15) is 16.8 Å². The zero-order valence-electron chi connectivity index (χ0n) is 62.2. The molecule has 0 radical (unpaired) electrons. The molecule has 6 aliphatic rings. The summed E-state index contributed by atoms with van der Waals surface area (Å²) < 4.78 is 63.6. The molecule has 8 nitrogen and oxygen atoms in total. The van der Waals surface area contributed by atoms with Gasteiger partial charge in [-0.3, -0.25) is 9.13 Å². The second-order valence-electron chi connectivity index (χ2n) is 30.8. The third kappa shape index (κ3) is 8.91. The molecule has 0 amide bonds. The smallest absolute Gasteiger partial charge is 0.208 e. The van der Waals surface area contributed by atoms with Crippen molar-refractivity contribution in [3.05, 3.63) is 433 Å². The van der Waals surface area contributed by atoms with Gasteiger partial charge in [0.1, 0.15) is 11.6 Å². The van der Waals surface area contributed by atoms with E-state index in [1.165, 1.54) is 0 Å². The van der Waals surface area contributed by atoms with Crippen LogP contribution in [0.3, 0.4) is 0 Å². The molecular weight excluding hydrogens is 1460 g/mol. The summed E-state index contributed by atoms with van der Waals surface area (Å²) in [5.41, 5.74) is 32.5. The van der Waals surface area contributed by atoms with Crippen molar-refractivity contribution in [3.8, 4) is 134 Å². The van der Waals surface area contributed by atoms with Crippen LogP contribution in [-0.4, -0.2) is 35.9 Å². The Kier molecular flexibility index (Phi) is 14.0. The van der Waals surface area contributed by atoms with Crippen molar-refractivity contribution in [2.75, 3.05) is 0 Å². The lowest BCUT2D eigenvalue weighted by molar-refractivity contribution is 0.597. The van der Waals surface area contributed by atoms with Gasteiger partial charge in [0.15, 0.2) is 0 Å². The van der Waals surface area contributed by atoms with Crippen LogP contribution in [0.2, 0.25) is 0 Å². The predicted octanol–water partition coefficient (Wildman–Crippen LogP) is 24.7. The maximum atomic E-state index is 14.8. The lowest BCUT2D eigenvalue weighted by Gasteiger charge is -2.35. The number of aromatic nitrogens is 4. The number of rotatable bonds is 5. The van der Waals surface area contributed by atoms with Crippen molar-refractivity contribution < 1.29 is 16.8 Å². The van der Waals surface area contributed by atoms with Crippen molar-refractivity contribution in [2.24, 2.45) is 0 Å². The van der Waals surface area contributed by atoms with Crippen molar-refractivity contribution in [2.45, 2.75) is 30.4 Å². The molecule has 19 aromatic rings. The van der Waals surface area contributed by atoms with Crippen LogP contribution in [0.1, 0.15) is 44.5 Å². The molecule has 2 atom stereocenters. The number of sulfone groups is 2. The summed E-state index contributed by atoms with van der Waals surface area (Å²) >= 11 is 0. The third-order valence-electron chi connectivity index (χ3n) is 25.2. The SMILES string of the molecule is O=S1(=O)c2ccccc2-c2ccc3c(c21)-c1ccccc1C31c2ccccc2-c2ccccc2-c2ccc(-c3ccc4c(c3)nc(-c3ccccc3)n4-c3ccccc3)cc21.O=S1(=O)c2ccccc2-c2ccc3c(c21)-c1ccccc1C31c2ccccc2-c2ccccc2-c2ccc(-c3nc4ccccc4n3-c3ccccc3)cc21. The average Bonchev–Trinajstić information content (AvgIpc) is 1.50. The van der Waals surface area contributed by atoms with Gasteiger partial charge in [-0.25, -0.2) is 26.8 Å². The topological polar surface area (TPSA) is 104 Å². The predicted molar refractivity (Wildman–Crippen MR) is 464 cm³/mol. The molecule has 0 N–H and O–H groups in total. The second kappa shape index (κ2) is 24.5. The molecule has 4 aliphatic carbocycles. The molecule has 10 heteroatoms. The summed E-state index contributed by atoms with van der Waals surface area (Å²) in [5, 5.41) is 0. The Bertz CT molecular complexity index is 7760. The van der Waals surface area contributed by atoms with Crippen LogP contribution in [0.15, 0.2) is 408 Å². The van der Waals surface area contributed by atoms with Crippen LogP contribution in [0.4, 0.5) is 0 Å². The fourth-order valence-electron chi connectivity index (χ4n) is 20.6. The van der Waals surface area contributed by atoms with E-state index in [0.29, 0.717) is 19.6 Å². The Morgan fingerprint density at radius 3 is 1.03 bits per heavy atom. The van der Waals surface area contributed by atoms with Crippen LogP contribution >= 0.6 is 0 Å². The molecule has 0 saturated carbocycles. The molecule has 544 valence electrons. The normalized spacial score (nSPS) is 16.1. The van der Waals surface area contributed by atoms with Crippen molar-refractivity contribution >= 4 is 41.7 Å². The van der Waals surface area contributed by atoms with Crippen molar-refractivity contribution in [1.29, 1.82) is 0 Å². The van der Waals surface area contributed by atoms with Crippen molar-refractivity contribution in [3.63, 3.8) is 0 Å². The second-order valence-corrected chi connectivity index (χ2v) is 34.5. The van der Waals surface area contributed by atoms with Gasteiger partial charge in [0, 0.05) is 55.9 Å². The number of benzene rings is 17. The molecule has 2 unspecified atom stereocenters. The fraction of sp³-hybridized carbons (Fsp3) is 0.0189. The summed E-state index contributed by atoms with van der Waals surface area (Å²) in [7, 11) is -7.65. The Balaban J connectivity index is 0.000000134. The molecule has 17 aromatic carbocycles. The van der Waals surface area contributed by atoms with E-state index in [-0.39, 0.29) is 0 Å². The van der Waals surface area contributed by atoms with Gasteiger partial charge in [-0.05, 0) is 184 Å². The first kappa shape index (κ1) is 66.2. The first-order chi connectivity index (χ1) is 57.1. The molecule has 0 fully saturated rings. The molecule has 4 heterocycles. The standard InChI is InChI=1S/C56H34N2O2S.C50H30N2O2S/c59-61(60)52-26-14-11-22-43(52)44-30-31-48-53(54(44)61)45-23-10-13-25-47(45)56(48)46-24-12-9-21-41(46)39-19-7-8-20-40(39)42-29-27-36(33-49(42)56)37-28-32-51-50(34-37)57-55(35-15-3-1-4-16-35)58(51)38-17-5-2-6-18-38;53-55(54)46-25-13-8-19-37(46)38-28-29-42-47(48(38)55)39-20-7-10-22-41(39)50(42)40-21-9-6-18-35(40)33-16-4-5-17-34(33)36-27-26-31(30-43(36)50)49-51-44-23-11-12-24-45(44)52(49)32-14-2-1-3-15-32/h1-34H;1-30H. The van der Waals surface area contributed by atoms with Gasteiger partial charge in [0.25, 0.3) is 0 Å². The molecule has 2 aliphatic heterocycles. The monoisotopic (exact) mass is 1520 g/mol. The van der Waals surface area contributed by atoms with Crippen LogP contribution in [-0.2, 0) is 30.5 Å². The highest BCUT2D eigenvalue weighted by atomic mass is 32.2. The van der Waals surface area contributed by atoms with Crippen LogP contribution in [0.5, 0.6) is 0 Å². The Labute approximate surface area is 670 Å².